The molecule has 0 saturated carbocycles. The minimum atomic E-state index is -1.32. The number of aliphatic hydroxyl groups is 3. The number of aliphatic hydroxyl groups excluding tert-OH is 3. The molecule has 5 heteroatoms. The van der Waals surface area contributed by atoms with Crippen LogP contribution in [0.1, 0.15) is 11.7 Å². The molecule has 78 valence electrons. The van der Waals surface area contributed by atoms with E-state index in [1.54, 1.807) is 0 Å². The van der Waals surface area contributed by atoms with Gasteiger partial charge < -0.3 is 20.4 Å². The van der Waals surface area contributed by atoms with E-state index in [2.05, 4.69) is 0 Å². The van der Waals surface area contributed by atoms with Gasteiger partial charge in [0, 0.05) is 10.6 Å². The molecule has 0 fully saturated rings. The third kappa shape index (κ3) is 2.36. The second-order valence-electron chi connectivity index (χ2n) is 2.90. The van der Waals surface area contributed by atoms with Gasteiger partial charge in [0.1, 0.15) is 18.0 Å². The van der Waals surface area contributed by atoms with Gasteiger partial charge in [-0.3, -0.25) is 0 Å². The summed E-state index contributed by atoms with van der Waals surface area (Å²) in [5, 5.41) is 36.9. The molecule has 0 heterocycles. The zero-order valence-corrected chi connectivity index (χ0v) is 8.02. The standard InChI is InChI=1S/C9H11ClO4/c10-5-1-2-6(7(12)3-5)9(14)8(13)4-11/h1-3,8-9,11-14H,4H2. The molecule has 14 heavy (non-hydrogen) atoms. The number of halogens is 1. The number of hydrogen-bond acceptors (Lipinski definition) is 4. The molecule has 1 aromatic rings. The van der Waals surface area contributed by atoms with Crippen LogP contribution in [0.5, 0.6) is 5.75 Å². The Balaban J connectivity index is 2.95. The number of rotatable bonds is 3. The minimum Gasteiger partial charge on any atom is -0.508 e. The molecule has 1 aromatic carbocycles. The summed E-state index contributed by atoms with van der Waals surface area (Å²) in [5.74, 6) is -0.211. The van der Waals surface area contributed by atoms with Crippen molar-refractivity contribution < 1.29 is 20.4 Å². The Labute approximate surface area is 86.0 Å². The lowest BCUT2D eigenvalue weighted by molar-refractivity contribution is -0.0162. The van der Waals surface area contributed by atoms with Gasteiger partial charge in [-0.15, -0.1) is 0 Å². The lowest BCUT2D eigenvalue weighted by atomic mass is 10.0. The summed E-state index contributed by atoms with van der Waals surface area (Å²) in [4.78, 5) is 0. The Kier molecular flexibility index (Phi) is 3.71. The van der Waals surface area contributed by atoms with Crippen molar-refractivity contribution in [1.82, 2.24) is 0 Å². The fourth-order valence-electron chi connectivity index (χ4n) is 1.07. The monoisotopic (exact) mass is 218 g/mol. The molecule has 0 aromatic heterocycles. The fourth-order valence-corrected chi connectivity index (χ4v) is 1.24. The molecule has 0 bridgehead atoms. The van der Waals surface area contributed by atoms with Crippen LogP contribution in [-0.2, 0) is 0 Å². The first-order chi connectivity index (χ1) is 6.56. The molecule has 0 aliphatic heterocycles. The molecule has 4 nitrogen and oxygen atoms in total. The molecule has 0 saturated heterocycles. The third-order valence-electron chi connectivity index (χ3n) is 1.86. The number of aromatic hydroxyl groups is 1. The van der Waals surface area contributed by atoms with Gasteiger partial charge in [0.25, 0.3) is 0 Å². The van der Waals surface area contributed by atoms with Crippen LogP contribution < -0.4 is 0 Å². The Morgan fingerprint density at radius 1 is 1.29 bits per heavy atom. The molecule has 0 spiro atoms. The number of benzene rings is 1. The highest BCUT2D eigenvalue weighted by molar-refractivity contribution is 6.30. The Morgan fingerprint density at radius 2 is 1.93 bits per heavy atom. The first-order valence-electron chi connectivity index (χ1n) is 4.01. The van der Waals surface area contributed by atoms with Crippen LogP contribution in [0.2, 0.25) is 5.02 Å². The van der Waals surface area contributed by atoms with Gasteiger partial charge in [-0.25, -0.2) is 0 Å². The predicted molar refractivity (Wildman–Crippen MR) is 51.2 cm³/mol. The van der Waals surface area contributed by atoms with Gasteiger partial charge in [0.15, 0.2) is 0 Å². The molecule has 2 unspecified atom stereocenters. The maximum atomic E-state index is 9.45. The molecule has 0 aliphatic rings. The number of hydrogen-bond donors (Lipinski definition) is 4. The average Bonchev–Trinajstić information content (AvgIpc) is 2.15. The lowest BCUT2D eigenvalue weighted by Gasteiger charge is -2.16. The average molecular weight is 219 g/mol. The molecular weight excluding hydrogens is 208 g/mol. The zero-order chi connectivity index (χ0) is 10.7. The fraction of sp³-hybridized carbons (Fsp3) is 0.333. The summed E-state index contributed by atoms with van der Waals surface area (Å²) in [6.07, 6.45) is -2.64. The van der Waals surface area contributed by atoms with Gasteiger partial charge >= 0.3 is 0 Å². The smallest absolute Gasteiger partial charge is 0.122 e. The molecule has 1 rings (SSSR count). The minimum absolute atomic E-state index is 0.135. The summed E-state index contributed by atoms with van der Waals surface area (Å²) in [6.45, 7) is -0.580. The van der Waals surface area contributed by atoms with Crippen LogP contribution >= 0.6 is 11.6 Å². The van der Waals surface area contributed by atoms with E-state index in [0.29, 0.717) is 5.02 Å². The predicted octanol–water partition coefficient (Wildman–Crippen LogP) is 0.432. The van der Waals surface area contributed by atoms with Crippen molar-refractivity contribution in [3.8, 4) is 5.75 Å². The second kappa shape index (κ2) is 4.61. The second-order valence-corrected chi connectivity index (χ2v) is 3.33. The Morgan fingerprint density at radius 3 is 2.43 bits per heavy atom. The quantitative estimate of drug-likeness (QED) is 0.593. The van der Waals surface area contributed by atoms with E-state index in [0.717, 1.165) is 0 Å². The summed E-state index contributed by atoms with van der Waals surface area (Å²) < 4.78 is 0. The topological polar surface area (TPSA) is 80.9 Å². The molecule has 4 N–H and O–H groups in total. The highest BCUT2D eigenvalue weighted by Crippen LogP contribution is 2.28. The Hall–Kier alpha value is -0.810. The van der Waals surface area contributed by atoms with Crippen molar-refractivity contribution in [2.24, 2.45) is 0 Å². The normalized spacial score (nSPS) is 15.1. The first-order valence-corrected chi connectivity index (χ1v) is 4.39. The van der Waals surface area contributed by atoms with Crippen LogP contribution in [-0.4, -0.2) is 33.1 Å². The van der Waals surface area contributed by atoms with Crippen molar-refractivity contribution in [3.63, 3.8) is 0 Å². The summed E-state index contributed by atoms with van der Waals surface area (Å²) in [5.41, 5.74) is 0.135. The first kappa shape index (κ1) is 11.3. The summed E-state index contributed by atoms with van der Waals surface area (Å²) in [6, 6.07) is 4.12. The van der Waals surface area contributed by atoms with Crippen LogP contribution in [0.4, 0.5) is 0 Å². The van der Waals surface area contributed by atoms with Gasteiger partial charge in [-0.1, -0.05) is 17.7 Å². The largest absolute Gasteiger partial charge is 0.508 e. The zero-order valence-electron chi connectivity index (χ0n) is 7.26. The maximum absolute atomic E-state index is 9.45. The highest BCUT2D eigenvalue weighted by atomic mass is 35.5. The van der Waals surface area contributed by atoms with E-state index in [9.17, 15) is 10.2 Å². The lowest BCUT2D eigenvalue weighted by Crippen LogP contribution is -2.22. The maximum Gasteiger partial charge on any atom is 0.122 e. The van der Waals surface area contributed by atoms with Crippen molar-refractivity contribution in [1.29, 1.82) is 0 Å². The van der Waals surface area contributed by atoms with Crippen molar-refractivity contribution in [2.75, 3.05) is 6.61 Å². The number of phenols is 1. The van der Waals surface area contributed by atoms with Gasteiger partial charge in [-0.05, 0) is 12.1 Å². The van der Waals surface area contributed by atoms with E-state index in [-0.39, 0.29) is 11.3 Å². The third-order valence-corrected chi connectivity index (χ3v) is 2.10. The van der Waals surface area contributed by atoms with E-state index in [1.165, 1.54) is 18.2 Å². The van der Waals surface area contributed by atoms with Crippen molar-refractivity contribution in [2.45, 2.75) is 12.2 Å². The van der Waals surface area contributed by atoms with E-state index in [1.807, 2.05) is 0 Å². The van der Waals surface area contributed by atoms with Crippen LogP contribution in [0.25, 0.3) is 0 Å². The SMILES string of the molecule is OCC(O)C(O)c1ccc(Cl)cc1O. The summed E-state index contributed by atoms with van der Waals surface area (Å²) >= 11 is 5.58. The molecule has 0 radical (unpaired) electrons. The number of phenolic OH excluding ortho intramolecular Hbond substituents is 1. The van der Waals surface area contributed by atoms with E-state index >= 15 is 0 Å². The van der Waals surface area contributed by atoms with Gasteiger partial charge in [-0.2, -0.15) is 0 Å². The van der Waals surface area contributed by atoms with Gasteiger partial charge in [0.05, 0.1) is 6.61 Å². The Bertz CT molecular complexity index is 316. The van der Waals surface area contributed by atoms with Gasteiger partial charge in [0.2, 0.25) is 0 Å². The van der Waals surface area contributed by atoms with Crippen LogP contribution in [0, 0.1) is 0 Å². The van der Waals surface area contributed by atoms with Crippen LogP contribution in [0.15, 0.2) is 18.2 Å². The van der Waals surface area contributed by atoms with Crippen molar-refractivity contribution in [3.05, 3.63) is 28.8 Å². The summed E-state index contributed by atoms with van der Waals surface area (Å²) in [7, 11) is 0. The molecule has 0 aliphatic carbocycles. The molecule has 2 atom stereocenters. The molecule has 0 amide bonds. The van der Waals surface area contributed by atoms with E-state index < -0.39 is 18.8 Å². The highest BCUT2D eigenvalue weighted by Gasteiger charge is 2.20. The van der Waals surface area contributed by atoms with Crippen LogP contribution in [0.3, 0.4) is 0 Å². The molecular formula is C9H11ClO4. The van der Waals surface area contributed by atoms with E-state index in [4.69, 9.17) is 21.8 Å². The van der Waals surface area contributed by atoms with Crippen molar-refractivity contribution >= 4 is 11.6 Å².